The fourth-order valence-electron chi connectivity index (χ4n) is 2.05. The van der Waals surface area contributed by atoms with Gasteiger partial charge in [0, 0.05) is 24.0 Å². The van der Waals surface area contributed by atoms with Crippen molar-refractivity contribution < 1.29 is 19.1 Å². The van der Waals surface area contributed by atoms with Gasteiger partial charge in [-0.2, -0.15) is 0 Å². The monoisotopic (exact) mass is 342 g/mol. The maximum absolute atomic E-state index is 11.7. The second-order valence-corrected chi connectivity index (χ2v) is 7.49. The quantitative estimate of drug-likeness (QED) is 0.670. The molecule has 1 aromatic heterocycles. The van der Waals surface area contributed by atoms with E-state index in [2.05, 4.69) is 10.3 Å². The third kappa shape index (κ3) is 4.63. The van der Waals surface area contributed by atoms with Crippen LogP contribution >= 0.6 is 18.9 Å². The van der Waals surface area contributed by atoms with Gasteiger partial charge in [0.1, 0.15) is 11.5 Å². The van der Waals surface area contributed by atoms with Crippen molar-refractivity contribution >= 4 is 18.9 Å². The van der Waals surface area contributed by atoms with Gasteiger partial charge in [0.15, 0.2) is 0 Å². The minimum absolute atomic E-state index is 0.439. The molecule has 0 fully saturated rings. The highest BCUT2D eigenvalue weighted by molar-refractivity contribution is 7.52. The first-order valence-corrected chi connectivity index (χ1v) is 9.30. The molecule has 0 aliphatic carbocycles. The van der Waals surface area contributed by atoms with Gasteiger partial charge in [-0.1, -0.05) is 12.1 Å². The average molecular weight is 342 g/mol. The van der Waals surface area contributed by atoms with Gasteiger partial charge in [-0.3, -0.25) is 9.88 Å². The molecule has 1 heterocycles. The van der Waals surface area contributed by atoms with E-state index in [0.29, 0.717) is 24.3 Å². The summed E-state index contributed by atoms with van der Waals surface area (Å²) >= 11 is 1.55. The fraction of sp³-hybridized carbons (Fsp3) is 0.357. The lowest BCUT2D eigenvalue weighted by Crippen LogP contribution is -2.24. The molecule has 22 heavy (non-hydrogen) atoms. The molecule has 0 aliphatic rings. The third-order valence-corrected chi connectivity index (χ3v) is 5.29. The maximum Gasteiger partial charge on any atom is 0.346 e. The van der Waals surface area contributed by atoms with Crippen LogP contribution in [-0.4, -0.2) is 28.4 Å². The van der Waals surface area contributed by atoms with Crippen LogP contribution in [0.5, 0.6) is 5.75 Å². The molecule has 120 valence electrons. The summed E-state index contributed by atoms with van der Waals surface area (Å²) in [7, 11) is -2.76. The zero-order valence-electron chi connectivity index (χ0n) is 12.4. The van der Waals surface area contributed by atoms with Crippen LogP contribution in [0.25, 0.3) is 0 Å². The highest BCUT2D eigenvalue weighted by Crippen LogP contribution is 2.49. The summed E-state index contributed by atoms with van der Waals surface area (Å²) in [6.45, 7) is 2.36. The number of thiazole rings is 1. The summed E-state index contributed by atoms with van der Waals surface area (Å²) in [5.41, 5.74) is 1.49. The van der Waals surface area contributed by atoms with Crippen LogP contribution in [0.4, 0.5) is 0 Å². The van der Waals surface area contributed by atoms with Crippen molar-refractivity contribution in [1.82, 2.24) is 10.3 Å². The van der Waals surface area contributed by atoms with Crippen LogP contribution in [0.3, 0.4) is 0 Å². The van der Waals surface area contributed by atoms with Gasteiger partial charge in [-0.15, -0.1) is 11.3 Å². The van der Waals surface area contributed by atoms with Crippen molar-refractivity contribution in [2.24, 2.45) is 0 Å². The van der Waals surface area contributed by atoms with Gasteiger partial charge in [0.25, 0.3) is 0 Å². The van der Waals surface area contributed by atoms with Crippen LogP contribution in [0.2, 0.25) is 0 Å². The van der Waals surface area contributed by atoms with E-state index in [1.807, 2.05) is 12.3 Å². The molecule has 0 unspecified atom stereocenters. The minimum Gasteiger partial charge on any atom is -0.497 e. The maximum atomic E-state index is 11.7. The average Bonchev–Trinajstić information content (AvgIpc) is 2.88. The number of aryl methyl sites for hydroxylation is 1. The Kier molecular flexibility index (Phi) is 5.72. The van der Waals surface area contributed by atoms with Crippen LogP contribution < -0.4 is 10.1 Å². The van der Waals surface area contributed by atoms with Gasteiger partial charge in [0.05, 0.1) is 12.1 Å². The highest BCUT2D eigenvalue weighted by atomic mass is 32.1. The second-order valence-electron chi connectivity index (χ2n) is 4.85. The normalized spacial score (nSPS) is 13.1. The van der Waals surface area contributed by atoms with Gasteiger partial charge < -0.3 is 14.5 Å². The molecule has 0 aliphatic heterocycles. The summed E-state index contributed by atoms with van der Waals surface area (Å²) in [6, 6.07) is 6.68. The predicted molar refractivity (Wildman–Crippen MR) is 86.3 cm³/mol. The summed E-state index contributed by atoms with van der Waals surface area (Å²) in [4.78, 5) is 23.5. The Morgan fingerprint density at radius 1 is 1.36 bits per heavy atom. The van der Waals surface area contributed by atoms with Gasteiger partial charge in [-0.05, 0) is 24.6 Å². The number of ether oxygens (including phenoxy) is 1. The van der Waals surface area contributed by atoms with Crippen molar-refractivity contribution in [3.05, 3.63) is 45.9 Å². The Morgan fingerprint density at radius 2 is 2.05 bits per heavy atom. The second kappa shape index (κ2) is 7.35. The van der Waals surface area contributed by atoms with E-state index < -0.39 is 13.4 Å². The topological polar surface area (TPSA) is 91.7 Å². The molecular weight excluding hydrogens is 323 g/mol. The molecule has 2 rings (SSSR count). The largest absolute Gasteiger partial charge is 0.497 e. The van der Waals surface area contributed by atoms with Crippen molar-refractivity contribution in [3.63, 3.8) is 0 Å². The smallest absolute Gasteiger partial charge is 0.346 e. The lowest BCUT2D eigenvalue weighted by Gasteiger charge is -2.20. The molecule has 1 aromatic carbocycles. The summed E-state index contributed by atoms with van der Waals surface area (Å²) in [6.07, 6.45) is 0.630. The van der Waals surface area contributed by atoms with Crippen molar-refractivity contribution in [3.8, 4) is 5.75 Å². The van der Waals surface area contributed by atoms with Gasteiger partial charge in [-0.25, -0.2) is 4.98 Å². The Morgan fingerprint density at radius 3 is 2.55 bits per heavy atom. The molecule has 0 radical (unpaired) electrons. The fourth-order valence-corrected chi connectivity index (χ4v) is 3.75. The van der Waals surface area contributed by atoms with Crippen molar-refractivity contribution in [2.45, 2.75) is 19.1 Å². The number of rotatable bonds is 7. The molecule has 1 atom stereocenters. The van der Waals surface area contributed by atoms with E-state index in [1.165, 1.54) is 0 Å². The molecule has 0 saturated carbocycles. The number of methoxy groups -OCH3 is 1. The molecule has 2 aromatic rings. The molecule has 8 heteroatoms. The van der Waals surface area contributed by atoms with E-state index in [4.69, 9.17) is 4.74 Å². The molecule has 0 amide bonds. The first-order chi connectivity index (χ1) is 10.4. The number of aromatic nitrogens is 1. The van der Waals surface area contributed by atoms with Crippen LogP contribution in [0.15, 0.2) is 29.6 Å². The standard InChI is InChI=1S/C14H19N2O4PS/c1-10-9-22-13(16-10)7-8-15-14(21(17,18)19)11-3-5-12(20-2)6-4-11/h3-6,9,14-15H,7-8H2,1-2H3,(H2,17,18,19)/t14-/m1/s1. The highest BCUT2D eigenvalue weighted by Gasteiger charge is 2.29. The number of benzene rings is 1. The summed E-state index contributed by atoms with van der Waals surface area (Å²) in [5, 5.41) is 5.84. The van der Waals surface area contributed by atoms with Crippen LogP contribution in [0, 0.1) is 6.92 Å². The number of nitrogens with one attached hydrogen (secondary N) is 1. The molecule has 0 bridgehead atoms. The SMILES string of the molecule is COc1ccc([C@H](NCCc2nc(C)cs2)P(=O)(O)O)cc1. The molecular formula is C14H19N2O4PS. The number of hydrogen-bond donors (Lipinski definition) is 3. The van der Waals surface area contributed by atoms with Crippen LogP contribution in [0.1, 0.15) is 22.0 Å². The molecule has 6 nitrogen and oxygen atoms in total. The molecule has 3 N–H and O–H groups in total. The van der Waals surface area contributed by atoms with E-state index in [9.17, 15) is 14.4 Å². The summed E-state index contributed by atoms with van der Waals surface area (Å²) in [5.74, 6) is -0.383. The van der Waals surface area contributed by atoms with E-state index in [1.54, 1.807) is 42.7 Å². The lowest BCUT2D eigenvalue weighted by molar-refractivity contribution is 0.348. The van der Waals surface area contributed by atoms with Gasteiger partial charge >= 0.3 is 7.60 Å². The molecule has 0 saturated heterocycles. The Bertz CT molecular complexity index is 653. The number of hydrogen-bond acceptors (Lipinski definition) is 5. The zero-order chi connectivity index (χ0) is 16.2. The van der Waals surface area contributed by atoms with Crippen molar-refractivity contribution in [2.75, 3.05) is 13.7 Å². The Hall–Kier alpha value is -1.24. The first kappa shape index (κ1) is 17.1. The third-order valence-electron chi connectivity index (χ3n) is 3.11. The summed E-state index contributed by atoms with van der Waals surface area (Å²) < 4.78 is 16.8. The minimum atomic E-state index is -4.31. The molecule has 0 spiro atoms. The zero-order valence-corrected chi connectivity index (χ0v) is 14.1. The Balaban J connectivity index is 2.04. The first-order valence-electron chi connectivity index (χ1n) is 6.73. The van der Waals surface area contributed by atoms with Crippen LogP contribution in [-0.2, 0) is 11.0 Å². The van der Waals surface area contributed by atoms with E-state index in [-0.39, 0.29) is 0 Å². The lowest BCUT2D eigenvalue weighted by atomic mass is 10.2. The Labute approximate surface area is 133 Å². The van der Waals surface area contributed by atoms with E-state index in [0.717, 1.165) is 10.7 Å². The van der Waals surface area contributed by atoms with Gasteiger partial charge in [0.2, 0.25) is 0 Å². The van der Waals surface area contributed by atoms with Crippen molar-refractivity contribution in [1.29, 1.82) is 0 Å². The van der Waals surface area contributed by atoms with E-state index >= 15 is 0 Å². The predicted octanol–water partition coefficient (Wildman–Crippen LogP) is 2.47. The number of nitrogens with zero attached hydrogens (tertiary/aromatic N) is 1.